The molecule has 0 aromatic heterocycles. The van der Waals surface area contributed by atoms with Gasteiger partial charge in [-0.25, -0.2) is 0 Å². The monoisotopic (exact) mass is 416 g/mol. The molecular formula is C20H21ClN4O4. The molecular weight excluding hydrogens is 396 g/mol. The fourth-order valence-corrected chi connectivity index (χ4v) is 3.48. The summed E-state index contributed by atoms with van der Waals surface area (Å²) >= 11 is 5.94. The molecule has 2 aromatic rings. The number of rotatable bonds is 5. The summed E-state index contributed by atoms with van der Waals surface area (Å²) in [7, 11) is 0. The van der Waals surface area contributed by atoms with E-state index in [4.69, 9.17) is 11.6 Å². The number of nitrogens with one attached hydrogen (secondary N) is 1. The molecule has 8 nitrogen and oxygen atoms in total. The van der Waals surface area contributed by atoms with Crippen molar-refractivity contribution in [2.24, 2.45) is 0 Å². The van der Waals surface area contributed by atoms with Gasteiger partial charge in [-0.2, -0.15) is 0 Å². The average Bonchev–Trinajstić information content (AvgIpc) is 2.71. The molecule has 0 bridgehead atoms. The van der Waals surface area contributed by atoms with Crippen molar-refractivity contribution in [2.75, 3.05) is 31.1 Å². The minimum Gasteiger partial charge on any atom is -0.362 e. The minimum atomic E-state index is -0.486. The Labute approximate surface area is 173 Å². The van der Waals surface area contributed by atoms with Crippen LogP contribution in [0.3, 0.4) is 0 Å². The molecule has 0 radical (unpaired) electrons. The molecule has 0 unspecified atom stereocenters. The van der Waals surface area contributed by atoms with Gasteiger partial charge in [0.1, 0.15) is 5.69 Å². The second-order valence-corrected chi connectivity index (χ2v) is 7.20. The normalized spacial score (nSPS) is 13.9. The first-order valence-corrected chi connectivity index (χ1v) is 9.54. The Hall–Kier alpha value is -3.13. The third-order valence-corrected chi connectivity index (χ3v) is 5.08. The van der Waals surface area contributed by atoms with Crippen molar-refractivity contribution in [1.82, 2.24) is 10.2 Å². The minimum absolute atomic E-state index is 0.00845. The standard InChI is InChI=1S/C20H21ClN4O4/c1-14(26)23-7-9-24(10-8-23)18-6-5-16(12-19(18)25(28)29)20(27)22-13-15-3-2-4-17(21)11-15/h2-6,11-12H,7-10,13H2,1H3,(H,22,27). The van der Waals surface area contributed by atoms with Crippen LogP contribution in [-0.4, -0.2) is 47.8 Å². The van der Waals surface area contributed by atoms with E-state index in [0.29, 0.717) is 36.9 Å². The number of nitrogens with zero attached hydrogens (tertiary/aromatic N) is 3. The Morgan fingerprint density at radius 2 is 1.86 bits per heavy atom. The predicted octanol–water partition coefficient (Wildman–Crippen LogP) is 2.85. The molecule has 29 heavy (non-hydrogen) atoms. The number of carbonyl (C=O) groups excluding carboxylic acids is 2. The molecule has 1 aliphatic rings. The first-order chi connectivity index (χ1) is 13.8. The number of carbonyl (C=O) groups is 2. The van der Waals surface area contributed by atoms with Gasteiger partial charge in [-0.1, -0.05) is 23.7 Å². The van der Waals surface area contributed by atoms with Crippen molar-refractivity contribution >= 4 is 34.8 Å². The van der Waals surface area contributed by atoms with Gasteiger partial charge in [0.15, 0.2) is 0 Å². The number of anilines is 1. The van der Waals surface area contributed by atoms with E-state index in [2.05, 4.69) is 5.32 Å². The van der Waals surface area contributed by atoms with Crippen molar-refractivity contribution in [3.8, 4) is 0 Å². The lowest BCUT2D eigenvalue weighted by molar-refractivity contribution is -0.384. The molecule has 2 amide bonds. The summed E-state index contributed by atoms with van der Waals surface area (Å²) in [4.78, 5) is 38.6. The molecule has 152 valence electrons. The van der Waals surface area contributed by atoms with Crippen molar-refractivity contribution in [1.29, 1.82) is 0 Å². The van der Waals surface area contributed by atoms with E-state index < -0.39 is 10.8 Å². The molecule has 0 saturated carbocycles. The van der Waals surface area contributed by atoms with Crippen LogP contribution >= 0.6 is 11.6 Å². The summed E-state index contributed by atoms with van der Waals surface area (Å²) in [5.74, 6) is -0.410. The highest BCUT2D eigenvalue weighted by atomic mass is 35.5. The number of amides is 2. The van der Waals surface area contributed by atoms with Crippen LogP contribution < -0.4 is 10.2 Å². The lowest BCUT2D eigenvalue weighted by atomic mass is 10.1. The highest BCUT2D eigenvalue weighted by molar-refractivity contribution is 6.30. The largest absolute Gasteiger partial charge is 0.362 e. The molecule has 3 rings (SSSR count). The molecule has 9 heteroatoms. The Morgan fingerprint density at radius 3 is 2.48 bits per heavy atom. The Kier molecular flexibility index (Phi) is 6.33. The number of hydrogen-bond acceptors (Lipinski definition) is 5. The predicted molar refractivity (Wildman–Crippen MR) is 110 cm³/mol. The smallest absolute Gasteiger partial charge is 0.293 e. The number of piperazine rings is 1. The van der Waals surface area contributed by atoms with Crippen molar-refractivity contribution < 1.29 is 14.5 Å². The van der Waals surface area contributed by atoms with Gasteiger partial charge in [-0.15, -0.1) is 0 Å². The third-order valence-electron chi connectivity index (χ3n) is 4.84. The van der Waals surface area contributed by atoms with Crippen LogP contribution in [0.5, 0.6) is 0 Å². The van der Waals surface area contributed by atoms with E-state index >= 15 is 0 Å². The Morgan fingerprint density at radius 1 is 1.14 bits per heavy atom. The summed E-state index contributed by atoms with van der Waals surface area (Å²) < 4.78 is 0. The van der Waals surface area contributed by atoms with Crippen LogP contribution in [0.15, 0.2) is 42.5 Å². The molecule has 1 heterocycles. The zero-order valence-corrected chi connectivity index (χ0v) is 16.7. The number of hydrogen-bond donors (Lipinski definition) is 1. The van der Waals surface area contributed by atoms with E-state index in [-0.39, 0.29) is 23.7 Å². The van der Waals surface area contributed by atoms with Crippen molar-refractivity contribution in [2.45, 2.75) is 13.5 Å². The van der Waals surface area contributed by atoms with Gasteiger partial charge < -0.3 is 15.1 Å². The van der Waals surface area contributed by atoms with Gasteiger partial charge in [0, 0.05) is 56.3 Å². The lowest BCUT2D eigenvalue weighted by Crippen LogP contribution is -2.48. The summed E-state index contributed by atoms with van der Waals surface area (Å²) in [6, 6.07) is 11.6. The highest BCUT2D eigenvalue weighted by Gasteiger charge is 2.25. The van der Waals surface area contributed by atoms with Crippen LogP contribution in [0.1, 0.15) is 22.8 Å². The summed E-state index contributed by atoms with van der Waals surface area (Å²) in [5, 5.41) is 14.9. The SMILES string of the molecule is CC(=O)N1CCN(c2ccc(C(=O)NCc3cccc(Cl)c3)cc2[N+](=O)[O-])CC1. The van der Waals surface area contributed by atoms with E-state index in [1.54, 1.807) is 35.2 Å². The van der Waals surface area contributed by atoms with E-state index in [9.17, 15) is 19.7 Å². The van der Waals surface area contributed by atoms with Gasteiger partial charge in [-0.05, 0) is 29.8 Å². The quantitative estimate of drug-likeness (QED) is 0.597. The number of halogens is 1. The molecule has 2 aromatic carbocycles. The zero-order valence-electron chi connectivity index (χ0n) is 15.9. The maximum atomic E-state index is 12.5. The van der Waals surface area contributed by atoms with Gasteiger partial charge in [0.05, 0.1) is 4.92 Å². The van der Waals surface area contributed by atoms with Gasteiger partial charge in [-0.3, -0.25) is 19.7 Å². The molecule has 1 saturated heterocycles. The fraction of sp³-hybridized carbons (Fsp3) is 0.300. The maximum Gasteiger partial charge on any atom is 0.293 e. The maximum absolute atomic E-state index is 12.5. The Balaban J connectivity index is 1.73. The van der Waals surface area contributed by atoms with Crippen molar-refractivity contribution in [3.05, 3.63) is 68.7 Å². The second-order valence-electron chi connectivity index (χ2n) is 6.77. The van der Waals surface area contributed by atoms with Crippen LogP contribution in [0.4, 0.5) is 11.4 Å². The molecule has 0 spiro atoms. The molecule has 1 fully saturated rings. The van der Waals surface area contributed by atoms with Crippen LogP contribution in [0, 0.1) is 10.1 Å². The lowest BCUT2D eigenvalue weighted by Gasteiger charge is -2.35. The first kappa shape index (κ1) is 20.6. The molecule has 0 atom stereocenters. The van der Waals surface area contributed by atoms with Gasteiger partial charge in [0.2, 0.25) is 5.91 Å². The summed E-state index contributed by atoms with van der Waals surface area (Å²) in [5.41, 5.74) is 1.37. The molecule has 0 aliphatic carbocycles. The Bertz CT molecular complexity index is 942. The van der Waals surface area contributed by atoms with Crippen molar-refractivity contribution in [3.63, 3.8) is 0 Å². The molecule has 1 N–H and O–H groups in total. The zero-order chi connectivity index (χ0) is 21.0. The average molecular weight is 417 g/mol. The summed E-state index contributed by atoms with van der Waals surface area (Å²) in [6.45, 7) is 3.79. The van der Waals surface area contributed by atoms with E-state index in [1.807, 2.05) is 11.0 Å². The summed E-state index contributed by atoms with van der Waals surface area (Å²) in [6.07, 6.45) is 0. The van der Waals surface area contributed by atoms with Crippen LogP contribution in [0.2, 0.25) is 5.02 Å². The van der Waals surface area contributed by atoms with E-state index in [1.165, 1.54) is 13.0 Å². The van der Waals surface area contributed by atoms with Crippen LogP contribution in [-0.2, 0) is 11.3 Å². The van der Waals surface area contributed by atoms with Gasteiger partial charge in [0.25, 0.3) is 11.6 Å². The fourth-order valence-electron chi connectivity index (χ4n) is 3.27. The van der Waals surface area contributed by atoms with Gasteiger partial charge >= 0.3 is 0 Å². The van der Waals surface area contributed by atoms with E-state index in [0.717, 1.165) is 5.56 Å². The van der Waals surface area contributed by atoms with Crippen LogP contribution in [0.25, 0.3) is 0 Å². The number of nitro benzene ring substituents is 1. The highest BCUT2D eigenvalue weighted by Crippen LogP contribution is 2.30. The molecule has 1 aliphatic heterocycles. The second kappa shape index (κ2) is 8.91. The third kappa shape index (κ3) is 5.03. The number of benzene rings is 2. The topological polar surface area (TPSA) is 95.8 Å². The number of nitro groups is 1. The first-order valence-electron chi connectivity index (χ1n) is 9.16.